The number of amides is 1. The quantitative estimate of drug-likeness (QED) is 0.338. The Kier molecular flexibility index (Phi) is 6.25. The Morgan fingerprint density at radius 3 is 2.79 bits per heavy atom. The molecule has 0 bridgehead atoms. The number of para-hydroxylation sites is 1. The highest BCUT2D eigenvalue weighted by atomic mass is 16.6. The topological polar surface area (TPSA) is 92.5 Å². The van der Waals surface area contributed by atoms with Crippen LogP contribution in [0.25, 0.3) is 6.08 Å². The van der Waals surface area contributed by atoms with Gasteiger partial charge in [0.05, 0.1) is 10.5 Å². The highest BCUT2D eigenvalue weighted by molar-refractivity contribution is 5.92. The Morgan fingerprint density at radius 2 is 2.11 bits per heavy atom. The van der Waals surface area contributed by atoms with E-state index >= 15 is 0 Å². The molecule has 0 aromatic heterocycles. The third-order valence-electron chi connectivity index (χ3n) is 2.43. The third-order valence-corrected chi connectivity index (χ3v) is 2.43. The van der Waals surface area contributed by atoms with Gasteiger partial charge in [0.25, 0.3) is 5.69 Å². The number of nitro groups is 1. The van der Waals surface area contributed by atoms with Crippen molar-refractivity contribution in [3.63, 3.8) is 0 Å². The molecule has 6 heteroatoms. The standard InChI is InChI=1S/C13H16N2O4/c16-10-4-3-9-14-13(17)8-7-11-5-1-2-6-12(11)15(18)19/h1-2,5-8,16H,3-4,9-10H2,(H,14,17)/b8-7+. The Morgan fingerprint density at radius 1 is 1.37 bits per heavy atom. The molecule has 2 N–H and O–H groups in total. The maximum absolute atomic E-state index is 11.4. The molecule has 1 rings (SSSR count). The molecule has 0 unspecified atom stereocenters. The molecule has 0 spiro atoms. The summed E-state index contributed by atoms with van der Waals surface area (Å²) in [7, 11) is 0. The number of aliphatic hydroxyl groups is 1. The van der Waals surface area contributed by atoms with Crippen LogP contribution in [0.1, 0.15) is 18.4 Å². The number of benzene rings is 1. The summed E-state index contributed by atoms with van der Waals surface area (Å²) in [4.78, 5) is 21.7. The van der Waals surface area contributed by atoms with Crippen molar-refractivity contribution in [3.05, 3.63) is 46.0 Å². The summed E-state index contributed by atoms with van der Waals surface area (Å²) in [5.74, 6) is -0.309. The molecule has 1 amide bonds. The van der Waals surface area contributed by atoms with Crippen molar-refractivity contribution < 1.29 is 14.8 Å². The summed E-state index contributed by atoms with van der Waals surface area (Å²) >= 11 is 0. The fourth-order valence-corrected chi connectivity index (χ4v) is 1.47. The number of rotatable bonds is 7. The van der Waals surface area contributed by atoms with Crippen molar-refractivity contribution in [2.24, 2.45) is 0 Å². The Hall–Kier alpha value is -2.21. The molecule has 19 heavy (non-hydrogen) atoms. The first-order valence-corrected chi connectivity index (χ1v) is 5.95. The van der Waals surface area contributed by atoms with Crippen LogP contribution in [0.4, 0.5) is 5.69 Å². The van der Waals surface area contributed by atoms with Gasteiger partial charge in [-0.05, 0) is 25.0 Å². The minimum atomic E-state index is -0.487. The molecule has 0 saturated carbocycles. The van der Waals surface area contributed by atoms with E-state index in [1.54, 1.807) is 18.2 Å². The largest absolute Gasteiger partial charge is 0.396 e. The predicted molar refractivity (Wildman–Crippen MR) is 71.5 cm³/mol. The second-order valence-corrected chi connectivity index (χ2v) is 3.87. The van der Waals surface area contributed by atoms with Crippen LogP contribution in [0.3, 0.4) is 0 Å². The third kappa shape index (κ3) is 5.31. The molecule has 0 aliphatic heterocycles. The van der Waals surface area contributed by atoms with E-state index in [0.29, 0.717) is 24.9 Å². The molecule has 0 atom stereocenters. The molecule has 0 aliphatic rings. The van der Waals surface area contributed by atoms with E-state index in [1.165, 1.54) is 18.2 Å². The van der Waals surface area contributed by atoms with Gasteiger partial charge in [0.15, 0.2) is 0 Å². The summed E-state index contributed by atoms with van der Waals surface area (Å²) in [6.45, 7) is 0.572. The van der Waals surface area contributed by atoms with Crippen molar-refractivity contribution in [2.45, 2.75) is 12.8 Å². The van der Waals surface area contributed by atoms with Crippen LogP contribution in [0, 0.1) is 10.1 Å². The summed E-state index contributed by atoms with van der Waals surface area (Å²) in [6.07, 6.45) is 4.01. The predicted octanol–water partition coefficient (Wildman–Crippen LogP) is 1.50. The van der Waals surface area contributed by atoms with Crippen molar-refractivity contribution in [3.8, 4) is 0 Å². The highest BCUT2D eigenvalue weighted by Crippen LogP contribution is 2.18. The number of hydrogen-bond acceptors (Lipinski definition) is 4. The number of aliphatic hydroxyl groups excluding tert-OH is 1. The molecule has 1 aromatic rings. The fourth-order valence-electron chi connectivity index (χ4n) is 1.47. The Labute approximate surface area is 110 Å². The van der Waals surface area contributed by atoms with E-state index in [9.17, 15) is 14.9 Å². The van der Waals surface area contributed by atoms with Crippen molar-refractivity contribution in [2.75, 3.05) is 13.2 Å². The zero-order chi connectivity index (χ0) is 14.1. The molecule has 0 heterocycles. The van der Waals surface area contributed by atoms with E-state index in [-0.39, 0.29) is 18.2 Å². The van der Waals surface area contributed by atoms with Gasteiger partial charge in [-0.25, -0.2) is 0 Å². The Balaban J connectivity index is 2.56. The van der Waals surface area contributed by atoms with Crippen molar-refractivity contribution in [1.82, 2.24) is 5.32 Å². The van der Waals surface area contributed by atoms with Gasteiger partial charge in [-0.1, -0.05) is 12.1 Å². The van der Waals surface area contributed by atoms with Gasteiger partial charge >= 0.3 is 0 Å². The van der Waals surface area contributed by atoms with E-state index in [1.807, 2.05) is 0 Å². The van der Waals surface area contributed by atoms with Gasteiger partial charge in [-0.3, -0.25) is 14.9 Å². The minimum Gasteiger partial charge on any atom is -0.396 e. The smallest absolute Gasteiger partial charge is 0.276 e. The molecule has 0 fully saturated rings. The lowest BCUT2D eigenvalue weighted by Crippen LogP contribution is -2.22. The first-order chi connectivity index (χ1) is 9.15. The zero-order valence-corrected chi connectivity index (χ0v) is 10.4. The molecule has 102 valence electrons. The van der Waals surface area contributed by atoms with Gasteiger partial charge in [0.2, 0.25) is 5.91 Å². The van der Waals surface area contributed by atoms with Gasteiger partial charge in [-0.2, -0.15) is 0 Å². The number of carbonyl (C=O) groups excluding carboxylic acids is 1. The lowest BCUT2D eigenvalue weighted by Gasteiger charge is -2.00. The minimum absolute atomic E-state index is 0.0353. The normalized spacial score (nSPS) is 10.6. The molecule has 0 aliphatic carbocycles. The number of nitro benzene ring substituents is 1. The summed E-state index contributed by atoms with van der Waals surface area (Å²) < 4.78 is 0. The Bertz CT molecular complexity index is 471. The first-order valence-electron chi connectivity index (χ1n) is 5.95. The van der Waals surface area contributed by atoms with Gasteiger partial charge in [-0.15, -0.1) is 0 Å². The molecular formula is C13H16N2O4. The average molecular weight is 264 g/mol. The number of carbonyl (C=O) groups is 1. The maximum atomic E-state index is 11.4. The highest BCUT2D eigenvalue weighted by Gasteiger charge is 2.09. The van der Waals surface area contributed by atoms with E-state index < -0.39 is 4.92 Å². The van der Waals surface area contributed by atoms with Crippen LogP contribution in [-0.2, 0) is 4.79 Å². The van der Waals surface area contributed by atoms with Gasteiger partial charge < -0.3 is 10.4 Å². The van der Waals surface area contributed by atoms with Crippen molar-refractivity contribution >= 4 is 17.7 Å². The second kappa shape index (κ2) is 7.99. The van der Waals surface area contributed by atoms with Crippen LogP contribution < -0.4 is 5.32 Å². The number of hydrogen-bond donors (Lipinski definition) is 2. The molecule has 0 radical (unpaired) electrons. The second-order valence-electron chi connectivity index (χ2n) is 3.87. The lowest BCUT2D eigenvalue weighted by molar-refractivity contribution is -0.385. The van der Waals surface area contributed by atoms with Crippen LogP contribution in [0.5, 0.6) is 0 Å². The fraction of sp³-hybridized carbons (Fsp3) is 0.308. The van der Waals surface area contributed by atoms with Crippen LogP contribution in [0.15, 0.2) is 30.3 Å². The van der Waals surface area contributed by atoms with Gasteiger partial charge in [0, 0.05) is 25.3 Å². The molecule has 6 nitrogen and oxygen atoms in total. The van der Waals surface area contributed by atoms with Crippen LogP contribution in [0.2, 0.25) is 0 Å². The van der Waals surface area contributed by atoms with E-state index in [2.05, 4.69) is 5.32 Å². The van der Waals surface area contributed by atoms with Gasteiger partial charge in [0.1, 0.15) is 0 Å². The number of nitrogens with zero attached hydrogens (tertiary/aromatic N) is 1. The molecule has 0 saturated heterocycles. The first kappa shape index (κ1) is 14.8. The zero-order valence-electron chi connectivity index (χ0n) is 10.4. The SMILES string of the molecule is O=C(/C=C/c1ccccc1[N+](=O)[O-])NCCCCO. The van der Waals surface area contributed by atoms with E-state index in [0.717, 1.165) is 0 Å². The molecule has 1 aromatic carbocycles. The van der Waals surface area contributed by atoms with Crippen LogP contribution >= 0.6 is 0 Å². The maximum Gasteiger partial charge on any atom is 0.276 e. The van der Waals surface area contributed by atoms with Crippen molar-refractivity contribution in [1.29, 1.82) is 0 Å². The summed E-state index contributed by atoms with van der Waals surface area (Å²) in [6, 6.07) is 6.21. The lowest BCUT2D eigenvalue weighted by atomic mass is 10.1. The monoisotopic (exact) mass is 264 g/mol. The van der Waals surface area contributed by atoms with Crippen LogP contribution in [-0.4, -0.2) is 29.1 Å². The number of unbranched alkanes of at least 4 members (excludes halogenated alkanes) is 1. The summed E-state index contributed by atoms with van der Waals surface area (Å²) in [5.41, 5.74) is 0.352. The average Bonchev–Trinajstić information content (AvgIpc) is 2.41. The molecular weight excluding hydrogens is 248 g/mol. The van der Waals surface area contributed by atoms with E-state index in [4.69, 9.17) is 5.11 Å². The number of nitrogens with one attached hydrogen (secondary N) is 1. The summed E-state index contributed by atoms with van der Waals surface area (Å²) in [5, 5.41) is 22.0.